The van der Waals surface area contributed by atoms with E-state index in [2.05, 4.69) is 77.9 Å². The van der Waals surface area contributed by atoms with Gasteiger partial charge in [-0.15, -0.1) is 0 Å². The average Bonchev–Trinajstić information content (AvgIpc) is 4.36. The number of likely N-dealkylation sites (tertiary alicyclic amines) is 1. The van der Waals surface area contributed by atoms with Crippen LogP contribution in [-0.2, 0) is 75.1 Å². The van der Waals surface area contributed by atoms with Gasteiger partial charge in [-0.2, -0.15) is 8.61 Å². The van der Waals surface area contributed by atoms with Crippen molar-refractivity contribution in [2.24, 2.45) is 0 Å². The first-order valence-electron chi connectivity index (χ1n) is 29.6. The second kappa shape index (κ2) is 24.9. The minimum atomic E-state index is -3.76. The molecular weight excluding hydrogens is 1050 g/mol. The third-order valence-electron chi connectivity index (χ3n) is 17.8. The zero-order chi connectivity index (χ0) is 56.3. The topological polar surface area (TPSA) is 153 Å². The summed E-state index contributed by atoms with van der Waals surface area (Å²) in [7, 11) is -5.33. The summed E-state index contributed by atoms with van der Waals surface area (Å²) < 4.78 is 62.0. The highest BCUT2D eigenvalue weighted by atomic mass is 32.2. The Morgan fingerprint density at radius 3 is 1.63 bits per heavy atom. The highest BCUT2D eigenvalue weighted by Gasteiger charge is 2.40. The molecule has 6 heterocycles. The highest BCUT2D eigenvalue weighted by molar-refractivity contribution is 7.89. The van der Waals surface area contributed by atoms with E-state index in [0.717, 1.165) is 100 Å². The van der Waals surface area contributed by atoms with Crippen molar-refractivity contribution in [3.05, 3.63) is 177 Å². The van der Waals surface area contributed by atoms with E-state index in [4.69, 9.17) is 0 Å². The van der Waals surface area contributed by atoms with Gasteiger partial charge >= 0.3 is 0 Å². The van der Waals surface area contributed by atoms with Gasteiger partial charge in [0.2, 0.25) is 31.9 Å². The van der Waals surface area contributed by atoms with Crippen molar-refractivity contribution in [3.8, 4) is 0 Å². The van der Waals surface area contributed by atoms with E-state index in [-0.39, 0.29) is 46.5 Å². The molecule has 12 rings (SSSR count). The number of likely N-dealkylation sites (N-methyl/N-ethyl adjacent to an activating group) is 1. The molecule has 2 N–H and O–H groups in total. The molecule has 4 atom stereocenters. The number of amides is 2. The minimum Gasteiger partial charge on any atom is -0.353 e. The van der Waals surface area contributed by atoms with Gasteiger partial charge in [-0.1, -0.05) is 78.2 Å². The summed E-state index contributed by atoms with van der Waals surface area (Å²) in [5.74, 6) is -0.215. The number of benzene rings is 4. The van der Waals surface area contributed by atoms with Gasteiger partial charge in [-0.25, -0.2) is 16.8 Å². The van der Waals surface area contributed by atoms with E-state index in [0.29, 0.717) is 26.2 Å². The summed E-state index contributed by atoms with van der Waals surface area (Å²) in [5.41, 5.74) is 11.7. The van der Waals surface area contributed by atoms with Crippen molar-refractivity contribution in [2.45, 2.75) is 145 Å². The maximum Gasteiger partial charge on any atom is 0.243 e. The predicted molar refractivity (Wildman–Crippen MR) is 316 cm³/mol. The number of piperazine rings is 1. The zero-order valence-electron chi connectivity index (χ0n) is 47.5. The van der Waals surface area contributed by atoms with Gasteiger partial charge in [0.05, 0.1) is 27.9 Å². The van der Waals surface area contributed by atoms with Gasteiger partial charge in [0.1, 0.15) is 0 Å². The lowest BCUT2D eigenvalue weighted by Gasteiger charge is -2.36. The van der Waals surface area contributed by atoms with Crippen molar-refractivity contribution in [1.82, 2.24) is 43.1 Å². The van der Waals surface area contributed by atoms with Gasteiger partial charge in [0.15, 0.2) is 0 Å². The van der Waals surface area contributed by atoms with Crippen LogP contribution in [0.15, 0.2) is 131 Å². The van der Waals surface area contributed by atoms with Crippen LogP contribution in [0.25, 0.3) is 0 Å². The molecule has 4 unspecified atom stereocenters. The van der Waals surface area contributed by atoms with Gasteiger partial charge < -0.3 is 24.7 Å². The van der Waals surface area contributed by atoms with Crippen molar-refractivity contribution < 1.29 is 26.4 Å². The highest BCUT2D eigenvalue weighted by Crippen LogP contribution is 2.38. The molecule has 4 aliphatic heterocycles. The molecule has 2 saturated heterocycles. The van der Waals surface area contributed by atoms with Crippen LogP contribution in [0.1, 0.15) is 125 Å². The summed E-state index contributed by atoms with van der Waals surface area (Å²) >= 11 is 0. The molecule has 430 valence electrons. The van der Waals surface area contributed by atoms with Crippen LogP contribution in [0.4, 0.5) is 0 Å². The number of piperidine rings is 1. The number of carbonyl (C=O) groups is 2. The maximum absolute atomic E-state index is 13.7. The van der Waals surface area contributed by atoms with Crippen molar-refractivity contribution in [3.63, 3.8) is 0 Å². The number of fused-ring (bicyclic) bond motifs is 4. The molecule has 15 nitrogen and oxygen atoms in total. The van der Waals surface area contributed by atoms with E-state index in [1.807, 2.05) is 74.8 Å². The number of nitrogens with one attached hydrogen (secondary N) is 2. The van der Waals surface area contributed by atoms with Crippen molar-refractivity contribution >= 4 is 31.9 Å². The molecular formula is C64H81N9O6S2. The van der Waals surface area contributed by atoms with Crippen molar-refractivity contribution in [1.29, 1.82) is 0 Å². The molecule has 4 aromatic carbocycles. The summed E-state index contributed by atoms with van der Waals surface area (Å²) in [6.07, 6.45) is 13.6. The molecule has 0 radical (unpaired) electrons. The standard InChI is InChI=1S/C32H41N5O3S.C32H40N4O3S/c1-24-5-11-29(12-6-24)41(39,40)37-19-18-36-13-3-4-30(36)31(37)22-32(38)33-28-10-9-26-20-25(7-8-27(26)21-28)23-35-16-14-34(2)15-17-35;1-24-10-13-27(14-11-24)40(38,39)36-20-19-35-18-6-9-30(35)31(36)22-32(37)33-29-8-5-7-26-21-25(12-15-28(26)29)23-34-16-3-2-4-17-34/h3-8,11-13,20,28,31H,9-10,14-19,21-23H2,1-2H3,(H,33,38);6,9-15,18,21,29,31H,2-5,7-8,16-17,19-20,22-23H2,1H3,(H,33,37). The Morgan fingerprint density at radius 2 is 1.05 bits per heavy atom. The first-order valence-corrected chi connectivity index (χ1v) is 32.4. The Labute approximate surface area is 480 Å². The number of hydrogen-bond donors (Lipinski definition) is 2. The van der Waals surface area contributed by atoms with E-state index < -0.39 is 32.1 Å². The van der Waals surface area contributed by atoms with Gasteiger partial charge in [0.25, 0.3) is 0 Å². The molecule has 6 aromatic rings. The minimum absolute atomic E-state index is 0.0437. The summed E-state index contributed by atoms with van der Waals surface area (Å²) in [5, 5.41) is 6.54. The van der Waals surface area contributed by atoms with E-state index in [1.54, 1.807) is 24.3 Å². The van der Waals surface area contributed by atoms with E-state index in [1.165, 1.54) is 74.3 Å². The molecule has 0 saturated carbocycles. The number of hydrogen-bond acceptors (Lipinski definition) is 9. The summed E-state index contributed by atoms with van der Waals surface area (Å²) in [6.45, 7) is 14.5. The smallest absolute Gasteiger partial charge is 0.243 e. The van der Waals surface area contributed by atoms with Crippen molar-refractivity contribution in [2.75, 3.05) is 59.4 Å². The molecule has 17 heteroatoms. The number of aromatic nitrogens is 2. The number of carbonyl (C=O) groups excluding carboxylic acids is 2. The Kier molecular flexibility index (Phi) is 17.5. The molecule has 81 heavy (non-hydrogen) atoms. The fraction of sp³-hybridized carbons (Fsp3) is 0.469. The molecule has 2 fully saturated rings. The first kappa shape index (κ1) is 56.9. The van der Waals surface area contributed by atoms with Crippen LogP contribution in [0.5, 0.6) is 0 Å². The van der Waals surface area contributed by atoms with Gasteiger partial charge in [-0.05, 0) is 167 Å². The van der Waals surface area contributed by atoms with Crippen LogP contribution >= 0.6 is 0 Å². The lowest BCUT2D eigenvalue weighted by Crippen LogP contribution is -2.45. The number of rotatable bonds is 14. The zero-order valence-corrected chi connectivity index (χ0v) is 49.1. The van der Waals surface area contributed by atoms with Crippen LogP contribution in [-0.4, -0.2) is 127 Å². The van der Waals surface area contributed by atoms with Crippen LogP contribution in [0.2, 0.25) is 0 Å². The van der Waals surface area contributed by atoms with E-state index >= 15 is 0 Å². The maximum atomic E-state index is 13.7. The fourth-order valence-electron chi connectivity index (χ4n) is 13.2. The van der Waals surface area contributed by atoms with Crippen LogP contribution < -0.4 is 10.6 Å². The SMILES string of the molecule is Cc1ccc(S(=O)(=O)N2CCn3cccc3C2CC(=O)NC2CCCc3cc(CN4CCCCC4)ccc32)cc1.Cc1ccc(S(=O)(=O)N2CCn3cccc3C2CC(=O)NC2CCc3cc(CN4CCN(C)CC4)ccc3C2)cc1. The average molecular weight is 1140 g/mol. The van der Waals surface area contributed by atoms with E-state index in [9.17, 15) is 26.4 Å². The largest absolute Gasteiger partial charge is 0.353 e. The summed E-state index contributed by atoms with van der Waals surface area (Å²) in [6, 6.07) is 34.2. The Balaban J connectivity index is 0.000000170. The van der Waals surface area contributed by atoms with Gasteiger partial charge in [-0.3, -0.25) is 19.4 Å². The number of sulfonamides is 2. The quantitative estimate of drug-likeness (QED) is 0.109. The first-order chi connectivity index (χ1) is 39.1. The van der Waals surface area contributed by atoms with Crippen LogP contribution in [0.3, 0.4) is 0 Å². The Hall–Kier alpha value is -5.92. The third kappa shape index (κ3) is 13.2. The Morgan fingerprint density at radius 1 is 0.519 bits per heavy atom. The molecule has 2 aliphatic carbocycles. The summed E-state index contributed by atoms with van der Waals surface area (Å²) in [4.78, 5) is 35.0. The molecule has 0 spiro atoms. The lowest BCUT2D eigenvalue weighted by atomic mass is 9.86. The lowest BCUT2D eigenvalue weighted by molar-refractivity contribution is -0.123. The number of nitrogens with zero attached hydrogens (tertiary/aromatic N) is 7. The second-order valence-electron chi connectivity index (χ2n) is 23.6. The second-order valence-corrected chi connectivity index (χ2v) is 27.4. The molecule has 6 aliphatic rings. The number of aryl methyl sites for hydroxylation is 4. The molecule has 0 bridgehead atoms. The molecule has 2 amide bonds. The van der Waals surface area contributed by atoms with Crippen LogP contribution in [0, 0.1) is 13.8 Å². The third-order valence-corrected chi connectivity index (χ3v) is 21.7. The normalized spacial score (nSPS) is 22.1. The fourth-order valence-corrected chi connectivity index (χ4v) is 16.4. The predicted octanol–water partition coefficient (Wildman–Crippen LogP) is 8.47. The monoisotopic (exact) mass is 1140 g/mol. The molecule has 2 aromatic heterocycles. The van der Waals surface area contributed by atoms with Gasteiger partial charge in [0, 0.05) is 108 Å². The Bertz CT molecular complexity index is 3400.